The summed E-state index contributed by atoms with van der Waals surface area (Å²) in [6.07, 6.45) is 1.20. The van der Waals surface area contributed by atoms with Crippen LogP contribution in [0.1, 0.15) is 12.5 Å². The minimum absolute atomic E-state index is 0.0344. The number of aryl methyl sites for hydroxylation is 1. The Bertz CT molecular complexity index is 1770. The fraction of sp³-hybridized carbons (Fsp3) is 0.138. The number of benzene rings is 3. The van der Waals surface area contributed by atoms with Gasteiger partial charge in [0.25, 0.3) is 5.91 Å². The van der Waals surface area contributed by atoms with Gasteiger partial charge in [-0.05, 0) is 55.8 Å². The van der Waals surface area contributed by atoms with Gasteiger partial charge in [0, 0.05) is 23.6 Å². The SMILES string of the molecule is CCOc1ccccc1NC(=O)COc1ccc2c(=O)c(Oc3ccc4c(C)cc(=O)oc4c3)coc2c1. The van der Waals surface area contributed by atoms with E-state index in [2.05, 4.69) is 5.32 Å². The third-order valence-corrected chi connectivity index (χ3v) is 5.70. The molecule has 2 heterocycles. The minimum atomic E-state index is -0.469. The molecule has 0 aliphatic rings. The van der Waals surface area contributed by atoms with Gasteiger partial charge in [-0.3, -0.25) is 9.59 Å². The van der Waals surface area contributed by atoms with E-state index in [4.69, 9.17) is 23.0 Å². The number of carbonyl (C=O) groups is 1. The molecule has 5 rings (SSSR count). The van der Waals surface area contributed by atoms with E-state index in [9.17, 15) is 14.4 Å². The zero-order chi connectivity index (χ0) is 26.6. The molecule has 38 heavy (non-hydrogen) atoms. The lowest BCUT2D eigenvalue weighted by Crippen LogP contribution is -2.20. The maximum atomic E-state index is 13.0. The quantitative estimate of drug-likeness (QED) is 0.274. The molecule has 0 atom stereocenters. The number of amides is 1. The van der Waals surface area contributed by atoms with Crippen LogP contribution in [0.15, 0.2) is 91.4 Å². The standard InChI is InChI=1S/C29H23NO8/c1-3-34-23-7-5-4-6-22(23)30-27(31)16-35-18-8-11-21-24(13-18)36-15-26(29(21)33)37-19-9-10-20-17(2)12-28(32)38-25(20)14-19/h4-15H,3,16H2,1-2H3,(H,30,31). The van der Waals surface area contributed by atoms with Gasteiger partial charge in [-0.25, -0.2) is 4.79 Å². The summed E-state index contributed by atoms with van der Waals surface area (Å²) in [6.45, 7) is 3.89. The molecular weight excluding hydrogens is 490 g/mol. The molecule has 0 unspecified atom stereocenters. The highest BCUT2D eigenvalue weighted by Crippen LogP contribution is 2.28. The molecule has 1 amide bonds. The molecule has 9 nitrogen and oxygen atoms in total. The molecule has 0 aliphatic carbocycles. The van der Waals surface area contributed by atoms with Crippen LogP contribution >= 0.6 is 0 Å². The number of anilines is 1. The monoisotopic (exact) mass is 513 g/mol. The van der Waals surface area contributed by atoms with Crippen molar-refractivity contribution in [2.75, 3.05) is 18.5 Å². The predicted molar refractivity (Wildman–Crippen MR) is 142 cm³/mol. The summed E-state index contributed by atoms with van der Waals surface area (Å²) < 4.78 is 27.7. The predicted octanol–water partition coefficient (Wildman–Crippen LogP) is 5.42. The molecule has 2 aromatic heterocycles. The zero-order valence-corrected chi connectivity index (χ0v) is 20.6. The number of para-hydroxylation sites is 2. The van der Waals surface area contributed by atoms with Crippen molar-refractivity contribution in [3.05, 3.63) is 99.2 Å². The number of nitrogens with one attached hydrogen (secondary N) is 1. The van der Waals surface area contributed by atoms with E-state index in [1.54, 1.807) is 42.5 Å². The second-order valence-electron chi connectivity index (χ2n) is 8.36. The molecule has 5 aromatic rings. The van der Waals surface area contributed by atoms with E-state index in [-0.39, 0.29) is 29.2 Å². The highest BCUT2D eigenvalue weighted by Gasteiger charge is 2.13. The second kappa shape index (κ2) is 10.5. The molecule has 1 N–H and O–H groups in total. The second-order valence-corrected chi connectivity index (χ2v) is 8.36. The summed E-state index contributed by atoms with van der Waals surface area (Å²) in [5, 5.41) is 3.79. The number of carbonyl (C=O) groups excluding carboxylic acids is 1. The summed E-state index contributed by atoms with van der Waals surface area (Å²) >= 11 is 0. The first-order chi connectivity index (χ1) is 18.4. The Morgan fingerprint density at radius 2 is 1.63 bits per heavy atom. The van der Waals surface area contributed by atoms with Gasteiger partial charge in [0.1, 0.15) is 34.7 Å². The Morgan fingerprint density at radius 1 is 0.868 bits per heavy atom. The van der Waals surface area contributed by atoms with Crippen LogP contribution in [0.25, 0.3) is 21.9 Å². The normalized spacial score (nSPS) is 10.9. The third kappa shape index (κ3) is 5.22. The molecule has 3 aromatic carbocycles. The zero-order valence-electron chi connectivity index (χ0n) is 20.6. The van der Waals surface area contributed by atoms with Gasteiger partial charge >= 0.3 is 5.63 Å². The minimum Gasteiger partial charge on any atom is -0.492 e. The van der Waals surface area contributed by atoms with Crippen molar-refractivity contribution in [3.8, 4) is 23.0 Å². The largest absolute Gasteiger partial charge is 0.492 e. The van der Waals surface area contributed by atoms with E-state index in [1.807, 2.05) is 19.9 Å². The molecule has 0 fully saturated rings. The molecule has 0 aliphatic heterocycles. The molecule has 0 spiro atoms. The average Bonchev–Trinajstić information content (AvgIpc) is 2.90. The third-order valence-electron chi connectivity index (χ3n) is 5.70. The summed E-state index contributed by atoms with van der Waals surface area (Å²) in [5.74, 6) is 0.825. The fourth-order valence-corrected chi connectivity index (χ4v) is 3.93. The lowest BCUT2D eigenvalue weighted by Gasteiger charge is -2.12. The highest BCUT2D eigenvalue weighted by atomic mass is 16.5. The van der Waals surface area contributed by atoms with E-state index < -0.39 is 11.1 Å². The van der Waals surface area contributed by atoms with Crippen molar-refractivity contribution in [1.82, 2.24) is 0 Å². The average molecular weight is 514 g/mol. The van der Waals surface area contributed by atoms with Crippen LogP contribution in [0.4, 0.5) is 5.69 Å². The van der Waals surface area contributed by atoms with E-state index in [0.717, 1.165) is 10.9 Å². The van der Waals surface area contributed by atoms with Gasteiger partial charge in [-0.15, -0.1) is 0 Å². The summed E-state index contributed by atoms with van der Waals surface area (Å²) in [5.41, 5.74) is 1.08. The molecular formula is C29H23NO8. The Balaban J connectivity index is 1.30. The summed E-state index contributed by atoms with van der Waals surface area (Å²) in [6, 6.07) is 18.1. The maximum absolute atomic E-state index is 13.0. The Kier molecular flexibility index (Phi) is 6.82. The smallest absolute Gasteiger partial charge is 0.336 e. The van der Waals surface area contributed by atoms with Gasteiger partial charge in [0.05, 0.1) is 17.7 Å². The highest BCUT2D eigenvalue weighted by molar-refractivity contribution is 5.93. The molecule has 9 heteroatoms. The van der Waals surface area contributed by atoms with E-state index >= 15 is 0 Å². The van der Waals surface area contributed by atoms with Crippen LogP contribution in [0.3, 0.4) is 0 Å². The molecule has 0 bridgehead atoms. The van der Waals surface area contributed by atoms with Crippen LogP contribution in [-0.2, 0) is 4.79 Å². The van der Waals surface area contributed by atoms with Gasteiger partial charge in [-0.2, -0.15) is 0 Å². The number of hydrogen-bond acceptors (Lipinski definition) is 8. The number of hydrogen-bond donors (Lipinski definition) is 1. The number of ether oxygens (including phenoxy) is 3. The Labute approximate surface area is 216 Å². The van der Waals surface area contributed by atoms with E-state index in [0.29, 0.717) is 35.1 Å². The van der Waals surface area contributed by atoms with Crippen LogP contribution in [0.2, 0.25) is 0 Å². The lowest BCUT2D eigenvalue weighted by atomic mass is 10.1. The van der Waals surface area contributed by atoms with Gasteiger partial charge in [-0.1, -0.05) is 12.1 Å². The lowest BCUT2D eigenvalue weighted by molar-refractivity contribution is -0.118. The number of rotatable bonds is 8. The van der Waals surface area contributed by atoms with Gasteiger partial charge < -0.3 is 28.4 Å². The number of fused-ring (bicyclic) bond motifs is 2. The molecule has 0 saturated carbocycles. The van der Waals surface area contributed by atoms with Crippen LogP contribution in [-0.4, -0.2) is 19.1 Å². The van der Waals surface area contributed by atoms with Gasteiger partial charge in [0.15, 0.2) is 6.61 Å². The fourth-order valence-electron chi connectivity index (χ4n) is 3.93. The Hall–Kier alpha value is -5.05. The van der Waals surface area contributed by atoms with Crippen molar-refractivity contribution < 1.29 is 27.8 Å². The van der Waals surface area contributed by atoms with Crippen molar-refractivity contribution in [2.45, 2.75) is 13.8 Å². The Morgan fingerprint density at radius 3 is 2.47 bits per heavy atom. The van der Waals surface area contributed by atoms with Crippen molar-refractivity contribution in [2.24, 2.45) is 0 Å². The maximum Gasteiger partial charge on any atom is 0.336 e. The first-order valence-corrected chi connectivity index (χ1v) is 11.8. The first kappa shape index (κ1) is 24.6. The topological polar surface area (TPSA) is 117 Å². The van der Waals surface area contributed by atoms with Crippen molar-refractivity contribution in [3.63, 3.8) is 0 Å². The molecule has 0 saturated heterocycles. The first-order valence-electron chi connectivity index (χ1n) is 11.8. The molecule has 0 radical (unpaired) electrons. The van der Waals surface area contributed by atoms with Crippen LogP contribution in [0.5, 0.6) is 23.0 Å². The van der Waals surface area contributed by atoms with Crippen molar-refractivity contribution in [1.29, 1.82) is 0 Å². The summed E-state index contributed by atoms with van der Waals surface area (Å²) in [7, 11) is 0. The summed E-state index contributed by atoms with van der Waals surface area (Å²) in [4.78, 5) is 37.1. The van der Waals surface area contributed by atoms with E-state index in [1.165, 1.54) is 24.5 Å². The van der Waals surface area contributed by atoms with Crippen LogP contribution in [0, 0.1) is 6.92 Å². The van der Waals surface area contributed by atoms with Crippen LogP contribution < -0.4 is 30.6 Å². The molecule has 192 valence electrons. The van der Waals surface area contributed by atoms with Crippen molar-refractivity contribution >= 4 is 33.5 Å². The van der Waals surface area contributed by atoms with Gasteiger partial charge in [0.2, 0.25) is 11.2 Å².